The van der Waals surface area contributed by atoms with Crippen LogP contribution in [0.2, 0.25) is 51.4 Å². The molecule has 1 rings (SSSR count). The fourth-order valence-corrected chi connectivity index (χ4v) is 18.4. The van der Waals surface area contributed by atoms with E-state index in [0.717, 1.165) is 43.6 Å². The van der Waals surface area contributed by atoms with Crippen LogP contribution in [0, 0.1) is 0 Å². The maximum Gasteiger partial charge on any atom is 0.311 e. The summed E-state index contributed by atoms with van der Waals surface area (Å²) in [7, 11) is -6.06. The highest BCUT2D eigenvalue weighted by Gasteiger charge is 2.39. The van der Waals surface area contributed by atoms with Crippen LogP contribution >= 0.6 is 31.9 Å². The number of nitrogens with one attached hydrogen (secondary N) is 2. The van der Waals surface area contributed by atoms with Crippen LogP contribution in [0.1, 0.15) is 59.6 Å². The number of alkyl halides is 2. The first kappa shape index (κ1) is 41.3. The first-order valence-electron chi connectivity index (χ1n) is 14.9. The van der Waals surface area contributed by atoms with Crippen molar-refractivity contribution in [2.45, 2.75) is 114 Å². The largest absolute Gasteiger partial charge is 0.437 e. The number of aromatic nitrogens is 1. The zero-order valence-electron chi connectivity index (χ0n) is 27.8. The van der Waals surface area contributed by atoms with Crippen LogP contribution in [0.5, 0.6) is 0 Å². The highest BCUT2D eigenvalue weighted by molar-refractivity contribution is 9.10. The van der Waals surface area contributed by atoms with Crippen molar-refractivity contribution in [1.29, 1.82) is 0 Å². The van der Waals surface area contributed by atoms with Gasteiger partial charge in [0.15, 0.2) is 16.6 Å². The molecule has 0 aromatic carbocycles. The van der Waals surface area contributed by atoms with E-state index in [4.69, 9.17) is 8.23 Å². The number of hydrogen-bond acceptors (Lipinski definition) is 6. The number of rotatable bonds is 17. The Labute approximate surface area is 275 Å². The number of hydrogen-bond donors (Lipinski definition) is 2. The van der Waals surface area contributed by atoms with E-state index in [-0.39, 0.29) is 11.8 Å². The number of aliphatic imine (C=N–C) groups is 1. The number of pyridine rings is 1. The second-order valence-corrected chi connectivity index (χ2v) is 29.5. The van der Waals surface area contributed by atoms with E-state index in [0.29, 0.717) is 13.1 Å². The van der Waals surface area contributed by atoms with Crippen LogP contribution in [-0.4, -0.2) is 76.5 Å². The van der Waals surface area contributed by atoms with Crippen molar-refractivity contribution in [3.8, 4) is 0 Å². The Morgan fingerprint density at radius 3 is 1.69 bits per heavy atom. The van der Waals surface area contributed by atoms with Crippen LogP contribution in [0.15, 0.2) is 29.4 Å². The third kappa shape index (κ3) is 21.1. The van der Waals surface area contributed by atoms with Gasteiger partial charge in [-0.2, -0.15) is 0 Å². The van der Waals surface area contributed by atoms with Gasteiger partial charge in [0.25, 0.3) is 0 Å². The van der Waals surface area contributed by atoms with Gasteiger partial charge < -0.3 is 18.9 Å². The second-order valence-electron chi connectivity index (χ2n) is 13.1. The minimum absolute atomic E-state index is 0.00886. The molecule has 13 heteroatoms. The monoisotopic (exact) mass is 766 g/mol. The van der Waals surface area contributed by atoms with Gasteiger partial charge in [0.2, 0.25) is 11.8 Å². The topological polar surface area (TPSA) is 102 Å². The molecule has 1 aromatic rings. The molecule has 42 heavy (non-hydrogen) atoms. The maximum atomic E-state index is 12.0. The summed E-state index contributed by atoms with van der Waals surface area (Å²) in [5.74, 6) is 0.0177. The lowest BCUT2D eigenvalue weighted by Crippen LogP contribution is -2.52. The van der Waals surface area contributed by atoms with Crippen molar-refractivity contribution < 1.29 is 17.8 Å². The number of halogens is 2. The first-order valence-corrected chi connectivity index (χ1v) is 25.5. The van der Waals surface area contributed by atoms with Gasteiger partial charge in [0.05, 0.1) is 14.3 Å². The van der Waals surface area contributed by atoms with Gasteiger partial charge in [-0.3, -0.25) is 19.6 Å². The lowest BCUT2D eigenvalue weighted by molar-refractivity contribution is -0.123. The van der Waals surface area contributed by atoms with Crippen LogP contribution < -0.4 is 10.6 Å². The van der Waals surface area contributed by atoms with E-state index in [1.165, 1.54) is 0 Å². The molecule has 0 fully saturated rings. The molecule has 0 aliphatic heterocycles. The Kier molecular flexibility index (Phi) is 18.6. The number of amides is 2. The average molecular weight is 769 g/mol. The van der Waals surface area contributed by atoms with Crippen LogP contribution in [-0.2, 0) is 17.8 Å². The van der Waals surface area contributed by atoms with Crippen molar-refractivity contribution in [3.05, 3.63) is 30.1 Å². The molecule has 0 unspecified atom stereocenters. The zero-order valence-corrected chi connectivity index (χ0v) is 34.0. The molecule has 8 nitrogen and oxygen atoms in total. The predicted octanol–water partition coefficient (Wildman–Crippen LogP) is 7.40. The van der Waals surface area contributed by atoms with Crippen molar-refractivity contribution in [2.24, 2.45) is 4.99 Å². The minimum Gasteiger partial charge on any atom is -0.437 e. The van der Waals surface area contributed by atoms with E-state index in [1.54, 1.807) is 6.20 Å². The molecular weight excluding hydrogens is 712 g/mol. The number of carbonyl (C=O) groups excluding carboxylic acids is 2. The van der Waals surface area contributed by atoms with E-state index >= 15 is 0 Å². The average Bonchev–Trinajstić information content (AvgIpc) is 2.83. The lowest BCUT2D eigenvalue weighted by Gasteiger charge is -2.39. The Bertz CT molecular complexity index is 918. The second kappa shape index (κ2) is 19.0. The fraction of sp³-hybridized carbons (Fsp3) is 0.724. The van der Waals surface area contributed by atoms with Crippen molar-refractivity contribution in [1.82, 2.24) is 15.6 Å². The molecule has 2 N–H and O–H groups in total. The summed E-state index contributed by atoms with van der Waals surface area (Å²) in [6.45, 7) is 24.9. The Hall–Kier alpha value is -0.709. The zero-order chi connectivity index (χ0) is 32.7. The maximum absolute atomic E-state index is 12.0. The van der Waals surface area contributed by atoms with Gasteiger partial charge >= 0.3 is 8.56 Å². The molecule has 0 radical (unpaired) electrons. The van der Waals surface area contributed by atoms with Gasteiger partial charge in [0, 0.05) is 32.0 Å². The molecule has 0 spiro atoms. The van der Waals surface area contributed by atoms with Gasteiger partial charge in [-0.05, 0) is 110 Å². The molecule has 0 saturated carbocycles. The molecule has 0 aliphatic rings. The van der Waals surface area contributed by atoms with Crippen LogP contribution in [0.25, 0.3) is 0 Å². The summed E-state index contributed by atoms with van der Waals surface area (Å²) in [6, 6.07) is 7.76. The molecule has 0 bridgehead atoms. The molecular formula is C29H56Br2N4O4Si3. The molecule has 0 saturated heterocycles. The van der Waals surface area contributed by atoms with Crippen LogP contribution in [0.3, 0.4) is 0 Å². The normalized spacial score (nSPS) is 13.0. The summed E-state index contributed by atoms with van der Waals surface area (Å²) >= 11 is 6.77. The molecule has 242 valence electrons. The van der Waals surface area contributed by atoms with E-state index in [1.807, 2.05) is 52.1 Å². The molecule has 1 heterocycles. The molecule has 0 aliphatic carbocycles. The fourth-order valence-electron chi connectivity index (χ4n) is 4.05. The number of carbonyl (C=O) groups is 2. The van der Waals surface area contributed by atoms with E-state index < -0.39 is 33.8 Å². The standard InChI is InChI=1S/C20H44Br2N2O4Si3.C9H12N2/c1-19(2,21)17(25)23-13-11-15-29(5,6)27-31(9,10)28-30(7,8)16-12-14-24-18(26)20(3,4)22;1-2-6-10-8-9-5-3-4-7-11-9/h11-16H2,1-10H3,(H,23,25)(H,24,26);3-5,7-8H,2,6H2,1H3. The minimum atomic E-state index is -2.26. The van der Waals surface area contributed by atoms with Gasteiger partial charge in [-0.15, -0.1) is 0 Å². The summed E-state index contributed by atoms with van der Waals surface area (Å²) in [6.07, 6.45) is 6.48. The highest BCUT2D eigenvalue weighted by atomic mass is 79.9. The van der Waals surface area contributed by atoms with Gasteiger partial charge in [-0.1, -0.05) is 44.8 Å². The van der Waals surface area contributed by atoms with Gasteiger partial charge in [-0.25, -0.2) is 0 Å². The first-order chi connectivity index (χ1) is 19.1. The summed E-state index contributed by atoms with van der Waals surface area (Å²) in [5.41, 5.74) is 0.931. The Morgan fingerprint density at radius 1 is 0.881 bits per heavy atom. The smallest absolute Gasteiger partial charge is 0.311 e. The van der Waals surface area contributed by atoms with Crippen molar-refractivity contribution >= 4 is 75.1 Å². The predicted molar refractivity (Wildman–Crippen MR) is 192 cm³/mol. The van der Waals surface area contributed by atoms with E-state index in [9.17, 15) is 9.59 Å². The van der Waals surface area contributed by atoms with Crippen molar-refractivity contribution in [3.63, 3.8) is 0 Å². The van der Waals surface area contributed by atoms with E-state index in [2.05, 4.69) is 98.7 Å². The lowest BCUT2D eigenvalue weighted by atomic mass is 10.2. The molecule has 0 atom stereocenters. The third-order valence-corrected chi connectivity index (χ3v) is 18.1. The van der Waals surface area contributed by atoms with Gasteiger partial charge in [0.1, 0.15) is 0 Å². The van der Waals surface area contributed by atoms with Crippen LogP contribution in [0.4, 0.5) is 0 Å². The Balaban J connectivity index is 0.00000126. The Morgan fingerprint density at radius 2 is 1.33 bits per heavy atom. The SMILES string of the molecule is CC(C)(Br)C(=O)NCCC[Si](C)(C)O[Si](C)(C)O[Si](C)(C)CCCNC(=O)C(C)(C)Br.CCCN=Cc1ccccn1. The molecule has 1 aromatic heterocycles. The molecule has 2 amide bonds. The summed E-state index contributed by atoms with van der Waals surface area (Å²) in [5, 5.41) is 5.95. The quantitative estimate of drug-likeness (QED) is 0.0745. The summed E-state index contributed by atoms with van der Waals surface area (Å²) in [4.78, 5) is 32.2. The third-order valence-electron chi connectivity index (χ3n) is 5.87. The number of nitrogens with zero attached hydrogens (tertiary/aromatic N) is 2. The van der Waals surface area contributed by atoms with Crippen molar-refractivity contribution in [2.75, 3.05) is 19.6 Å². The highest BCUT2D eigenvalue weighted by Crippen LogP contribution is 2.26. The summed E-state index contributed by atoms with van der Waals surface area (Å²) < 4.78 is 12.2.